The van der Waals surface area contributed by atoms with Gasteiger partial charge in [-0.05, 0) is 18.6 Å². The van der Waals surface area contributed by atoms with Gasteiger partial charge in [0.15, 0.2) is 0 Å². The number of carbonyl (C=O) groups excluding carboxylic acids is 1. The van der Waals surface area contributed by atoms with Gasteiger partial charge in [-0.2, -0.15) is 0 Å². The summed E-state index contributed by atoms with van der Waals surface area (Å²) in [6.45, 7) is 1.90. The molecule has 13 heavy (non-hydrogen) atoms. The summed E-state index contributed by atoms with van der Waals surface area (Å²) in [4.78, 5) is 10.00. The monoisotopic (exact) mass is 184 g/mol. The molecule has 1 rings (SSSR count). The van der Waals surface area contributed by atoms with E-state index < -0.39 is 0 Å². The predicted molar refractivity (Wildman–Crippen MR) is 45.2 cm³/mol. The van der Waals surface area contributed by atoms with Crippen LogP contribution in [0.4, 0.5) is 0 Å². The summed E-state index contributed by atoms with van der Waals surface area (Å²) in [5.74, 6) is -0.242. The third kappa shape index (κ3) is 3.77. The molecule has 62 valence electrons. The third-order valence-electron chi connectivity index (χ3n) is 1.52. The van der Waals surface area contributed by atoms with Crippen LogP contribution in [0.2, 0.25) is 0 Å². The van der Waals surface area contributed by atoms with Crippen LogP contribution in [-0.2, 0) is 4.79 Å². The van der Waals surface area contributed by atoms with Crippen molar-refractivity contribution in [3.05, 3.63) is 41.5 Å². The van der Waals surface area contributed by atoms with Crippen LogP contribution < -0.4 is 34.7 Å². The maximum absolute atomic E-state index is 11.1. The summed E-state index contributed by atoms with van der Waals surface area (Å²) in [6.07, 6.45) is 1.53. The number of carbonyl (C=O) groups is 1. The van der Waals surface area contributed by atoms with Crippen molar-refractivity contribution in [1.29, 1.82) is 0 Å². The molecule has 0 saturated heterocycles. The molecular formula is C10H9NaO2. The largest absolute Gasteiger partial charge is 1.00 e. The minimum absolute atomic E-state index is 0. The van der Waals surface area contributed by atoms with E-state index in [0.29, 0.717) is 11.8 Å². The molecule has 0 bridgehead atoms. The topological polar surface area (TPSA) is 40.1 Å². The molecule has 0 radical (unpaired) electrons. The molecule has 2 nitrogen and oxygen atoms in total. The van der Waals surface area contributed by atoms with Gasteiger partial charge < -0.3 is 5.11 Å². The van der Waals surface area contributed by atoms with E-state index in [2.05, 4.69) is 0 Å². The molecule has 0 aliphatic rings. The first kappa shape index (κ1) is 12.4. The molecule has 1 aromatic carbocycles. The minimum Gasteiger partial charge on any atom is -0.872 e. The van der Waals surface area contributed by atoms with Crippen LogP contribution in [0.3, 0.4) is 0 Å². The maximum Gasteiger partial charge on any atom is 1.00 e. The van der Waals surface area contributed by atoms with E-state index in [0.717, 1.165) is 11.6 Å². The Balaban J connectivity index is 0.00000144. The smallest absolute Gasteiger partial charge is 0.872 e. The van der Waals surface area contributed by atoms with Gasteiger partial charge in [-0.3, -0.25) is 4.79 Å². The van der Waals surface area contributed by atoms with Gasteiger partial charge in [0.1, 0.15) is 6.29 Å². The van der Waals surface area contributed by atoms with Crippen molar-refractivity contribution in [2.45, 2.75) is 6.92 Å². The van der Waals surface area contributed by atoms with Crippen LogP contribution in [0.5, 0.6) is 0 Å². The van der Waals surface area contributed by atoms with Gasteiger partial charge in [0.05, 0.1) is 0 Å². The zero-order valence-electron chi connectivity index (χ0n) is 7.78. The quantitative estimate of drug-likeness (QED) is 0.228. The molecule has 0 amide bonds. The number of hydrogen-bond acceptors (Lipinski definition) is 2. The predicted octanol–water partition coefficient (Wildman–Crippen LogP) is -2.10. The second-order valence-corrected chi connectivity index (χ2v) is 2.54. The zero-order valence-corrected chi connectivity index (χ0v) is 9.78. The first-order valence-electron chi connectivity index (χ1n) is 3.63. The van der Waals surface area contributed by atoms with Gasteiger partial charge in [0.25, 0.3) is 0 Å². The molecule has 0 aliphatic carbocycles. The molecule has 0 fully saturated rings. The van der Waals surface area contributed by atoms with E-state index in [9.17, 15) is 9.90 Å². The molecule has 0 spiro atoms. The Morgan fingerprint density at radius 2 is 2.15 bits per heavy atom. The van der Waals surface area contributed by atoms with Crippen LogP contribution >= 0.6 is 0 Å². The van der Waals surface area contributed by atoms with Crippen molar-refractivity contribution in [2.24, 2.45) is 0 Å². The van der Waals surface area contributed by atoms with Crippen molar-refractivity contribution < 1.29 is 39.5 Å². The fourth-order valence-electron chi connectivity index (χ4n) is 0.956. The van der Waals surface area contributed by atoms with E-state index in [1.165, 1.54) is 0 Å². The Bertz CT molecular complexity index is 318. The molecule has 0 aliphatic heterocycles. The minimum atomic E-state index is -0.242. The molecule has 0 heterocycles. The number of rotatable bonds is 2. The standard InChI is InChI=1S/C10H10O2.Na/c1-8-3-2-4-9(7-8)10(12)5-6-11;/h2-7,12H,1H3;/q;+1/p-1. The van der Waals surface area contributed by atoms with Crippen LogP contribution in [0, 0.1) is 6.92 Å². The van der Waals surface area contributed by atoms with Crippen LogP contribution in [0.15, 0.2) is 30.3 Å². The van der Waals surface area contributed by atoms with Crippen molar-refractivity contribution in [3.8, 4) is 0 Å². The normalized spacial score (nSPS) is 10.4. The second kappa shape index (κ2) is 5.97. The van der Waals surface area contributed by atoms with E-state index >= 15 is 0 Å². The Morgan fingerprint density at radius 1 is 1.46 bits per heavy atom. The first-order valence-corrected chi connectivity index (χ1v) is 3.63. The van der Waals surface area contributed by atoms with Gasteiger partial charge in [-0.1, -0.05) is 35.6 Å². The first-order chi connectivity index (χ1) is 5.74. The van der Waals surface area contributed by atoms with Gasteiger partial charge in [-0.25, -0.2) is 0 Å². The number of aldehydes is 1. The summed E-state index contributed by atoms with van der Waals surface area (Å²) in [7, 11) is 0. The average molecular weight is 184 g/mol. The molecular weight excluding hydrogens is 175 g/mol. The number of hydrogen-bond donors (Lipinski definition) is 0. The molecule has 1 aromatic rings. The third-order valence-corrected chi connectivity index (χ3v) is 1.52. The Hall–Kier alpha value is -0.570. The number of allylic oxidation sites excluding steroid dienone is 1. The Labute approximate surface area is 99.6 Å². The molecule has 0 N–H and O–H groups in total. The van der Waals surface area contributed by atoms with E-state index in [4.69, 9.17) is 0 Å². The summed E-state index contributed by atoms with van der Waals surface area (Å²) in [5, 5.41) is 11.1. The zero-order chi connectivity index (χ0) is 8.97. The molecule has 0 aromatic heterocycles. The second-order valence-electron chi connectivity index (χ2n) is 2.54. The number of benzene rings is 1. The molecule has 3 heteroatoms. The fourth-order valence-corrected chi connectivity index (χ4v) is 0.956. The van der Waals surface area contributed by atoms with Crippen LogP contribution in [0.1, 0.15) is 11.1 Å². The fraction of sp³-hybridized carbons (Fsp3) is 0.100. The van der Waals surface area contributed by atoms with E-state index in [1.54, 1.807) is 18.2 Å². The van der Waals surface area contributed by atoms with E-state index in [-0.39, 0.29) is 35.3 Å². The summed E-state index contributed by atoms with van der Waals surface area (Å²) in [5.41, 5.74) is 1.57. The molecule has 0 unspecified atom stereocenters. The molecule has 0 saturated carbocycles. The van der Waals surface area contributed by atoms with Gasteiger partial charge in [0.2, 0.25) is 0 Å². The summed E-state index contributed by atoms with van der Waals surface area (Å²) < 4.78 is 0. The van der Waals surface area contributed by atoms with Crippen molar-refractivity contribution in [1.82, 2.24) is 0 Å². The van der Waals surface area contributed by atoms with Crippen molar-refractivity contribution in [3.63, 3.8) is 0 Å². The summed E-state index contributed by atoms with van der Waals surface area (Å²) in [6, 6.07) is 7.14. The van der Waals surface area contributed by atoms with Crippen LogP contribution in [0.25, 0.3) is 5.76 Å². The Morgan fingerprint density at radius 3 is 2.69 bits per heavy atom. The van der Waals surface area contributed by atoms with Gasteiger partial charge in [0, 0.05) is 0 Å². The van der Waals surface area contributed by atoms with Crippen molar-refractivity contribution >= 4 is 12.0 Å². The van der Waals surface area contributed by atoms with Gasteiger partial charge in [-0.15, -0.1) is 0 Å². The summed E-state index contributed by atoms with van der Waals surface area (Å²) >= 11 is 0. The van der Waals surface area contributed by atoms with Crippen molar-refractivity contribution in [2.75, 3.05) is 0 Å². The van der Waals surface area contributed by atoms with Gasteiger partial charge >= 0.3 is 29.6 Å². The van der Waals surface area contributed by atoms with Crippen LogP contribution in [-0.4, -0.2) is 6.29 Å². The number of aryl methyl sites for hydroxylation is 1. The Kier molecular flexibility index (Phi) is 5.71. The molecule has 0 atom stereocenters. The van der Waals surface area contributed by atoms with E-state index in [1.807, 2.05) is 13.0 Å². The maximum atomic E-state index is 11.1. The SMILES string of the molecule is Cc1cccc(C([O-])=CC=O)c1.[Na+]. The average Bonchev–Trinajstić information content (AvgIpc) is 2.05.